The summed E-state index contributed by atoms with van der Waals surface area (Å²) in [4.78, 5) is 60.3. The molecule has 4 N–H and O–H groups in total. The Morgan fingerprint density at radius 3 is 2.06 bits per heavy atom. The Bertz CT molecular complexity index is 939. The van der Waals surface area contributed by atoms with Crippen molar-refractivity contribution >= 4 is 35.5 Å². The first kappa shape index (κ1) is 27.8. The van der Waals surface area contributed by atoms with Crippen molar-refractivity contribution in [2.24, 2.45) is 4.99 Å². The molecule has 0 spiro atoms. The van der Waals surface area contributed by atoms with Crippen LogP contribution >= 0.6 is 0 Å². The lowest BCUT2D eigenvalue weighted by Gasteiger charge is -2.30. The summed E-state index contributed by atoms with van der Waals surface area (Å²) in [7, 11) is 0. The SMILES string of the molecule is CC(C)(C)OC([O-])=NC(Cc1ccc([N+](=O)[O-])cc1)C(=O)NCC(=O)NCC(=O)NCC(=O)O. The van der Waals surface area contributed by atoms with Crippen molar-refractivity contribution in [2.75, 3.05) is 19.6 Å². The first-order valence-electron chi connectivity index (χ1n) is 9.97. The third kappa shape index (κ3) is 11.4. The van der Waals surface area contributed by atoms with Crippen LogP contribution in [0.3, 0.4) is 0 Å². The zero-order chi connectivity index (χ0) is 25.9. The minimum Gasteiger partial charge on any atom is -0.595 e. The third-order valence-electron chi connectivity index (χ3n) is 3.84. The average Bonchev–Trinajstić information content (AvgIpc) is 2.73. The van der Waals surface area contributed by atoms with Gasteiger partial charge in [-0.05, 0) is 5.56 Å². The van der Waals surface area contributed by atoms with Crippen LogP contribution in [0.1, 0.15) is 26.3 Å². The van der Waals surface area contributed by atoms with Crippen molar-refractivity contribution in [3.8, 4) is 0 Å². The van der Waals surface area contributed by atoms with Crippen molar-refractivity contribution < 1.29 is 39.1 Å². The Labute approximate surface area is 194 Å². The summed E-state index contributed by atoms with van der Waals surface area (Å²) in [5.41, 5.74) is -0.550. The fourth-order valence-corrected chi connectivity index (χ4v) is 2.35. The van der Waals surface area contributed by atoms with Gasteiger partial charge >= 0.3 is 5.97 Å². The molecule has 0 bridgehead atoms. The molecule has 34 heavy (non-hydrogen) atoms. The number of carbonyl (C=O) groups excluding carboxylic acids is 3. The smallest absolute Gasteiger partial charge is 0.322 e. The summed E-state index contributed by atoms with van der Waals surface area (Å²) in [6, 6.07) is 3.99. The van der Waals surface area contributed by atoms with Crippen LogP contribution in [-0.2, 0) is 30.3 Å². The van der Waals surface area contributed by atoms with Gasteiger partial charge in [0.25, 0.3) is 5.69 Å². The van der Waals surface area contributed by atoms with Crippen molar-refractivity contribution in [2.45, 2.75) is 38.8 Å². The van der Waals surface area contributed by atoms with Crippen molar-refractivity contribution in [3.05, 3.63) is 39.9 Å². The van der Waals surface area contributed by atoms with Gasteiger partial charge in [-0.1, -0.05) is 32.9 Å². The molecule has 1 aromatic rings. The van der Waals surface area contributed by atoms with E-state index in [1.165, 1.54) is 24.3 Å². The Kier molecular flexibility index (Phi) is 10.4. The molecule has 1 aromatic carbocycles. The highest BCUT2D eigenvalue weighted by Gasteiger charge is 2.20. The molecule has 1 rings (SSSR count). The summed E-state index contributed by atoms with van der Waals surface area (Å²) in [6.45, 7) is 3.18. The van der Waals surface area contributed by atoms with E-state index in [2.05, 4.69) is 15.6 Å². The van der Waals surface area contributed by atoms with E-state index in [1.54, 1.807) is 20.8 Å². The van der Waals surface area contributed by atoms with Crippen LogP contribution in [-0.4, -0.2) is 71.1 Å². The number of carboxylic acid groups (broad SMARTS) is 1. The predicted molar refractivity (Wildman–Crippen MR) is 116 cm³/mol. The summed E-state index contributed by atoms with van der Waals surface area (Å²) < 4.78 is 5.10. The van der Waals surface area contributed by atoms with Gasteiger partial charge < -0.3 is 30.9 Å². The number of ether oxygens (including phenoxy) is 1. The van der Waals surface area contributed by atoms with E-state index in [-0.39, 0.29) is 12.1 Å². The minimum absolute atomic E-state index is 0.109. The van der Waals surface area contributed by atoms with E-state index >= 15 is 0 Å². The fraction of sp³-hybridized carbons (Fsp3) is 0.450. The molecule has 1 unspecified atom stereocenters. The summed E-state index contributed by atoms with van der Waals surface area (Å²) in [5, 5.41) is 37.9. The number of rotatable bonds is 11. The zero-order valence-corrected chi connectivity index (χ0v) is 18.8. The molecule has 0 aliphatic carbocycles. The van der Waals surface area contributed by atoms with E-state index < -0.39 is 66.0 Å². The number of nitro benzene ring substituents is 1. The number of aliphatic imine (C=N–C) groups is 1. The second kappa shape index (κ2) is 12.7. The molecule has 0 saturated heterocycles. The van der Waals surface area contributed by atoms with E-state index in [1.807, 2.05) is 5.32 Å². The second-order valence-corrected chi connectivity index (χ2v) is 7.92. The molecule has 14 nitrogen and oxygen atoms in total. The van der Waals surface area contributed by atoms with Gasteiger partial charge in [0, 0.05) is 24.2 Å². The van der Waals surface area contributed by atoms with Crippen molar-refractivity contribution in [1.29, 1.82) is 0 Å². The maximum absolute atomic E-state index is 12.6. The van der Waals surface area contributed by atoms with Crippen LogP contribution in [0.2, 0.25) is 0 Å². The molecule has 0 aromatic heterocycles. The van der Waals surface area contributed by atoms with Gasteiger partial charge in [0.05, 0.1) is 18.0 Å². The van der Waals surface area contributed by atoms with Crippen LogP contribution in [0.4, 0.5) is 5.69 Å². The van der Waals surface area contributed by atoms with Crippen LogP contribution in [0, 0.1) is 10.1 Å². The predicted octanol–water partition coefficient (Wildman–Crippen LogP) is -1.53. The molecule has 0 saturated carbocycles. The number of carbonyl (C=O) groups is 4. The monoisotopic (exact) mass is 480 g/mol. The maximum Gasteiger partial charge on any atom is 0.322 e. The Hall–Kier alpha value is -4.23. The van der Waals surface area contributed by atoms with Gasteiger partial charge in [-0.3, -0.25) is 34.3 Å². The van der Waals surface area contributed by atoms with Gasteiger partial charge in [-0.15, -0.1) is 0 Å². The standard InChI is InChI=1S/C20H27N5O9/c1-20(2,3)34-19(31)24-14(8-12-4-6-13(7-5-12)25(32)33)18(30)23-10-16(27)21-9-15(26)22-11-17(28)29/h4-7,14H,8-11H2,1-3H3,(H,21,27)(H,22,26)(H,23,30)(H,24,31)(H,28,29)/p-1. The number of aliphatic carboxylic acids is 1. The number of hydrogen-bond donors (Lipinski definition) is 4. The molecule has 1 atom stereocenters. The summed E-state index contributed by atoms with van der Waals surface area (Å²) in [6.07, 6.45) is -1.11. The highest BCUT2D eigenvalue weighted by atomic mass is 16.6. The number of nitrogens with zero attached hydrogens (tertiary/aromatic N) is 2. The number of benzene rings is 1. The Morgan fingerprint density at radius 1 is 1.03 bits per heavy atom. The van der Waals surface area contributed by atoms with Gasteiger partial charge in [0.1, 0.15) is 18.7 Å². The van der Waals surface area contributed by atoms with E-state index in [4.69, 9.17) is 9.84 Å². The highest BCUT2D eigenvalue weighted by molar-refractivity contribution is 5.91. The Balaban J connectivity index is 2.80. The molecule has 0 heterocycles. The van der Waals surface area contributed by atoms with Gasteiger partial charge in [-0.25, -0.2) is 0 Å². The number of hydrogen-bond acceptors (Lipinski definition) is 9. The number of nitro groups is 1. The van der Waals surface area contributed by atoms with Crippen LogP contribution in [0.5, 0.6) is 0 Å². The number of non-ortho nitro benzene ring substituents is 1. The van der Waals surface area contributed by atoms with Crippen molar-refractivity contribution in [3.63, 3.8) is 0 Å². The van der Waals surface area contributed by atoms with E-state index in [0.29, 0.717) is 5.56 Å². The van der Waals surface area contributed by atoms with Gasteiger partial charge in [-0.2, -0.15) is 0 Å². The molecule has 0 aliphatic heterocycles. The lowest BCUT2D eigenvalue weighted by molar-refractivity contribution is -0.384. The maximum atomic E-state index is 12.6. The summed E-state index contributed by atoms with van der Waals surface area (Å²) in [5.74, 6) is -3.53. The zero-order valence-electron chi connectivity index (χ0n) is 18.8. The largest absolute Gasteiger partial charge is 0.595 e. The molecule has 14 heteroatoms. The van der Waals surface area contributed by atoms with Crippen molar-refractivity contribution in [1.82, 2.24) is 16.0 Å². The normalized spacial score (nSPS) is 12.3. The molecular weight excluding hydrogens is 454 g/mol. The van der Waals surface area contributed by atoms with Gasteiger partial charge in [0.15, 0.2) is 0 Å². The molecule has 0 fully saturated rings. The average molecular weight is 480 g/mol. The van der Waals surface area contributed by atoms with Gasteiger partial charge in [0.2, 0.25) is 17.7 Å². The molecular formula is C20H26N5O9-. The fourth-order valence-electron chi connectivity index (χ4n) is 2.35. The third-order valence-corrected chi connectivity index (χ3v) is 3.84. The topological polar surface area (TPSA) is 212 Å². The van der Waals surface area contributed by atoms with E-state index in [9.17, 15) is 34.4 Å². The summed E-state index contributed by atoms with van der Waals surface area (Å²) >= 11 is 0. The molecule has 3 amide bonds. The van der Waals surface area contributed by atoms with E-state index in [0.717, 1.165) is 0 Å². The first-order chi connectivity index (χ1) is 15.8. The number of carboxylic acids is 1. The molecule has 0 aliphatic rings. The highest BCUT2D eigenvalue weighted by Crippen LogP contribution is 2.15. The number of amides is 3. The lowest BCUT2D eigenvalue weighted by atomic mass is 10.1. The quantitative estimate of drug-likeness (QED) is 0.125. The Morgan fingerprint density at radius 2 is 1.56 bits per heavy atom. The molecule has 186 valence electrons. The minimum atomic E-state index is -1.30. The number of nitrogens with one attached hydrogen (secondary N) is 3. The van der Waals surface area contributed by atoms with Crippen LogP contribution < -0.4 is 21.1 Å². The van der Waals surface area contributed by atoms with Crippen LogP contribution in [0.15, 0.2) is 29.3 Å². The lowest BCUT2D eigenvalue weighted by Crippen LogP contribution is -2.45. The van der Waals surface area contributed by atoms with Crippen LogP contribution in [0.25, 0.3) is 0 Å². The first-order valence-corrected chi connectivity index (χ1v) is 9.97. The molecule has 0 radical (unpaired) electrons. The second-order valence-electron chi connectivity index (χ2n) is 7.92.